The molecule has 7 nitrogen and oxygen atoms in total. The first-order valence-electron chi connectivity index (χ1n) is 8.46. The standard InChI is InChI=1S/C19H18N6OS/c1-12(17-20-9-15(23-17)13-6-4-3-5-7-13)22-18(26)16-11-27-19(24-16)14-8-21-25(2)10-14/h3-12H,1-2H3,(H,20,23)(H,22,26)/t12-/m0/s1. The minimum absolute atomic E-state index is 0.230. The van der Waals surface area contributed by atoms with Crippen LogP contribution in [0.2, 0.25) is 0 Å². The molecule has 0 bridgehead atoms. The van der Waals surface area contributed by atoms with E-state index in [9.17, 15) is 4.79 Å². The van der Waals surface area contributed by atoms with E-state index in [1.54, 1.807) is 22.5 Å². The number of nitrogens with zero attached hydrogens (tertiary/aromatic N) is 4. The van der Waals surface area contributed by atoms with Crippen LogP contribution in [0.5, 0.6) is 0 Å². The molecule has 1 atom stereocenters. The largest absolute Gasteiger partial charge is 0.341 e. The normalized spacial score (nSPS) is 12.1. The van der Waals surface area contributed by atoms with Gasteiger partial charge in [-0.15, -0.1) is 11.3 Å². The van der Waals surface area contributed by atoms with Crippen molar-refractivity contribution in [2.75, 3.05) is 0 Å². The predicted molar refractivity (Wildman–Crippen MR) is 104 cm³/mol. The quantitative estimate of drug-likeness (QED) is 0.557. The molecule has 3 aromatic heterocycles. The zero-order valence-electron chi connectivity index (χ0n) is 14.9. The highest BCUT2D eigenvalue weighted by molar-refractivity contribution is 7.13. The van der Waals surface area contributed by atoms with E-state index < -0.39 is 0 Å². The fourth-order valence-corrected chi connectivity index (χ4v) is 3.48. The van der Waals surface area contributed by atoms with E-state index in [-0.39, 0.29) is 11.9 Å². The molecule has 136 valence electrons. The van der Waals surface area contributed by atoms with Crippen LogP contribution < -0.4 is 5.32 Å². The molecular formula is C19H18N6OS. The number of hydrogen-bond acceptors (Lipinski definition) is 5. The number of carbonyl (C=O) groups is 1. The van der Waals surface area contributed by atoms with Crippen LogP contribution in [0.15, 0.2) is 54.3 Å². The first-order valence-corrected chi connectivity index (χ1v) is 9.34. The van der Waals surface area contributed by atoms with Gasteiger partial charge in [-0.2, -0.15) is 5.10 Å². The van der Waals surface area contributed by atoms with Crippen LogP contribution >= 0.6 is 11.3 Å². The van der Waals surface area contributed by atoms with Crippen LogP contribution in [0.4, 0.5) is 0 Å². The number of hydrogen-bond donors (Lipinski definition) is 2. The summed E-state index contributed by atoms with van der Waals surface area (Å²) in [6, 6.07) is 9.67. The number of amides is 1. The third-order valence-electron chi connectivity index (χ3n) is 4.13. The summed E-state index contributed by atoms with van der Waals surface area (Å²) in [6.45, 7) is 1.89. The lowest BCUT2D eigenvalue weighted by atomic mass is 10.2. The molecule has 1 amide bonds. The van der Waals surface area contributed by atoms with E-state index in [0.717, 1.165) is 21.8 Å². The Morgan fingerprint density at radius 2 is 2.04 bits per heavy atom. The van der Waals surface area contributed by atoms with Crippen molar-refractivity contribution in [3.8, 4) is 21.8 Å². The highest BCUT2D eigenvalue weighted by atomic mass is 32.1. The number of thiazole rings is 1. The molecule has 0 fully saturated rings. The third-order valence-corrected chi connectivity index (χ3v) is 5.02. The summed E-state index contributed by atoms with van der Waals surface area (Å²) >= 11 is 1.42. The molecule has 0 aliphatic rings. The van der Waals surface area contributed by atoms with Crippen molar-refractivity contribution in [2.24, 2.45) is 7.05 Å². The minimum Gasteiger partial charge on any atom is -0.341 e. The zero-order valence-corrected chi connectivity index (χ0v) is 15.7. The van der Waals surface area contributed by atoms with Gasteiger partial charge in [0, 0.05) is 24.2 Å². The average molecular weight is 378 g/mol. The topological polar surface area (TPSA) is 88.5 Å². The van der Waals surface area contributed by atoms with Gasteiger partial charge in [-0.1, -0.05) is 30.3 Å². The van der Waals surface area contributed by atoms with Gasteiger partial charge in [-0.25, -0.2) is 9.97 Å². The smallest absolute Gasteiger partial charge is 0.271 e. The van der Waals surface area contributed by atoms with Gasteiger partial charge in [-0.3, -0.25) is 9.48 Å². The maximum absolute atomic E-state index is 12.5. The van der Waals surface area contributed by atoms with E-state index in [1.807, 2.05) is 50.5 Å². The molecule has 0 spiro atoms. The molecule has 3 heterocycles. The van der Waals surface area contributed by atoms with Crippen LogP contribution in [0.3, 0.4) is 0 Å². The Bertz CT molecular complexity index is 1060. The molecule has 1 aromatic carbocycles. The number of aromatic amines is 1. The molecule has 4 rings (SSSR count). The van der Waals surface area contributed by atoms with E-state index in [1.165, 1.54) is 11.3 Å². The van der Waals surface area contributed by atoms with E-state index in [4.69, 9.17) is 0 Å². The average Bonchev–Trinajstić information content (AvgIpc) is 3.42. The summed E-state index contributed by atoms with van der Waals surface area (Å²) in [7, 11) is 1.85. The first-order chi connectivity index (χ1) is 13.1. The van der Waals surface area contributed by atoms with E-state index >= 15 is 0 Å². The summed E-state index contributed by atoms with van der Waals surface area (Å²) in [5.41, 5.74) is 3.25. The Morgan fingerprint density at radius 3 is 2.78 bits per heavy atom. The van der Waals surface area contributed by atoms with Gasteiger partial charge in [-0.05, 0) is 12.5 Å². The molecule has 0 unspecified atom stereocenters. The molecule has 0 saturated carbocycles. The lowest BCUT2D eigenvalue weighted by Crippen LogP contribution is -2.27. The third kappa shape index (κ3) is 3.65. The molecule has 0 aliphatic heterocycles. The maximum Gasteiger partial charge on any atom is 0.271 e. The summed E-state index contributed by atoms with van der Waals surface area (Å²) in [4.78, 5) is 24.6. The van der Waals surface area contributed by atoms with Crippen LogP contribution in [0.25, 0.3) is 21.8 Å². The second-order valence-electron chi connectivity index (χ2n) is 6.18. The van der Waals surface area contributed by atoms with Crippen molar-refractivity contribution in [3.63, 3.8) is 0 Å². The number of nitrogens with one attached hydrogen (secondary N) is 2. The number of H-pyrrole nitrogens is 1. The summed E-state index contributed by atoms with van der Waals surface area (Å²) in [5, 5.41) is 9.59. The van der Waals surface area contributed by atoms with Crippen LogP contribution in [0.1, 0.15) is 29.3 Å². The Hall–Kier alpha value is -3.26. The van der Waals surface area contributed by atoms with Crippen molar-refractivity contribution < 1.29 is 4.79 Å². The van der Waals surface area contributed by atoms with Crippen molar-refractivity contribution in [1.29, 1.82) is 0 Å². The highest BCUT2D eigenvalue weighted by Crippen LogP contribution is 2.23. The lowest BCUT2D eigenvalue weighted by molar-refractivity contribution is 0.0934. The van der Waals surface area contributed by atoms with Crippen molar-refractivity contribution in [3.05, 3.63) is 65.8 Å². The SMILES string of the molecule is C[C@H](NC(=O)c1csc(-c2cnn(C)c2)n1)c1ncc(-c2ccccc2)[nH]1. The van der Waals surface area contributed by atoms with Gasteiger partial charge in [0.15, 0.2) is 0 Å². The summed E-state index contributed by atoms with van der Waals surface area (Å²) in [5.74, 6) is 0.469. The van der Waals surface area contributed by atoms with Gasteiger partial charge in [0.1, 0.15) is 16.5 Å². The maximum atomic E-state index is 12.5. The molecule has 8 heteroatoms. The molecule has 0 saturated heterocycles. The van der Waals surface area contributed by atoms with Gasteiger partial charge < -0.3 is 10.3 Å². The van der Waals surface area contributed by atoms with Gasteiger partial charge in [0.05, 0.1) is 24.1 Å². The van der Waals surface area contributed by atoms with Crippen molar-refractivity contribution in [1.82, 2.24) is 30.0 Å². The molecular weight excluding hydrogens is 360 g/mol. The predicted octanol–water partition coefficient (Wildman–Crippen LogP) is 3.42. The van der Waals surface area contributed by atoms with Crippen LogP contribution in [-0.4, -0.2) is 30.6 Å². The van der Waals surface area contributed by atoms with Crippen LogP contribution in [0, 0.1) is 0 Å². The Balaban J connectivity index is 1.45. The number of rotatable bonds is 5. The minimum atomic E-state index is -0.265. The Morgan fingerprint density at radius 1 is 1.22 bits per heavy atom. The van der Waals surface area contributed by atoms with Gasteiger partial charge >= 0.3 is 0 Å². The molecule has 2 N–H and O–H groups in total. The number of aryl methyl sites for hydroxylation is 1. The fourth-order valence-electron chi connectivity index (χ4n) is 2.70. The molecule has 0 aliphatic carbocycles. The van der Waals surface area contributed by atoms with Crippen molar-refractivity contribution >= 4 is 17.2 Å². The number of imidazole rings is 1. The van der Waals surface area contributed by atoms with Crippen LogP contribution in [-0.2, 0) is 7.05 Å². The molecule has 0 radical (unpaired) electrons. The monoisotopic (exact) mass is 378 g/mol. The van der Waals surface area contributed by atoms with Gasteiger partial charge in [0.2, 0.25) is 0 Å². The fraction of sp³-hybridized carbons (Fsp3) is 0.158. The van der Waals surface area contributed by atoms with E-state index in [0.29, 0.717) is 11.5 Å². The Labute approximate surface area is 160 Å². The van der Waals surface area contributed by atoms with E-state index in [2.05, 4.69) is 25.4 Å². The Kier molecular flexibility index (Phi) is 4.55. The molecule has 4 aromatic rings. The molecule has 27 heavy (non-hydrogen) atoms. The second-order valence-corrected chi connectivity index (χ2v) is 7.04. The lowest BCUT2D eigenvalue weighted by Gasteiger charge is -2.10. The number of aromatic nitrogens is 5. The summed E-state index contributed by atoms with van der Waals surface area (Å²) in [6.07, 6.45) is 5.38. The second kappa shape index (κ2) is 7.16. The zero-order chi connectivity index (χ0) is 18.8. The first kappa shape index (κ1) is 17.2. The van der Waals surface area contributed by atoms with Gasteiger partial charge in [0.25, 0.3) is 5.91 Å². The number of carbonyl (C=O) groups excluding carboxylic acids is 1. The highest BCUT2D eigenvalue weighted by Gasteiger charge is 2.17. The van der Waals surface area contributed by atoms with Crippen molar-refractivity contribution in [2.45, 2.75) is 13.0 Å². The summed E-state index contributed by atoms with van der Waals surface area (Å²) < 4.78 is 1.71. The number of benzene rings is 1.